The Morgan fingerprint density at radius 1 is 1.14 bits per heavy atom. The van der Waals surface area contributed by atoms with Crippen molar-refractivity contribution in [2.24, 2.45) is 0 Å². The lowest BCUT2D eigenvalue weighted by Crippen LogP contribution is -2.18. The van der Waals surface area contributed by atoms with E-state index in [4.69, 9.17) is 4.52 Å². The summed E-state index contributed by atoms with van der Waals surface area (Å²) in [7, 11) is 0. The van der Waals surface area contributed by atoms with Gasteiger partial charge >= 0.3 is 0 Å². The summed E-state index contributed by atoms with van der Waals surface area (Å²) in [6.07, 6.45) is 0. The second-order valence-corrected chi connectivity index (χ2v) is 5.71. The monoisotopic (exact) mass is 319 g/mol. The molecule has 0 atom stereocenters. The molecule has 0 aliphatic rings. The second-order valence-electron chi connectivity index (χ2n) is 4.73. The topological polar surface area (TPSA) is 84.2 Å². The van der Waals surface area contributed by atoms with Gasteiger partial charge in [0.2, 0.25) is 11.8 Å². The van der Waals surface area contributed by atoms with Gasteiger partial charge in [-0.05, 0) is 25.5 Å². The normalized spacial score (nSPS) is 10.3. The molecule has 6 nitrogen and oxygen atoms in total. The Balaban J connectivity index is 1.70. The molecule has 2 amide bonds. The standard InChI is InChI=1S/C15H17N3O3S/c1-10-5-3-4-6-12(10)16-14(19)8-22-9-15(20)17-13-7-11(2)21-18-13/h3-7H,8-9H2,1-2H3,(H,16,19)(H,17,18,20). The Bertz CT molecular complexity index is 670. The zero-order chi connectivity index (χ0) is 15.9. The SMILES string of the molecule is Cc1cc(NC(=O)CSCC(=O)Nc2ccccc2C)no1. The number of benzene rings is 1. The summed E-state index contributed by atoms with van der Waals surface area (Å²) in [5.74, 6) is 1.03. The highest BCUT2D eigenvalue weighted by atomic mass is 32.2. The van der Waals surface area contributed by atoms with Gasteiger partial charge in [-0.25, -0.2) is 0 Å². The molecular weight excluding hydrogens is 302 g/mol. The Morgan fingerprint density at radius 3 is 2.45 bits per heavy atom. The molecule has 0 radical (unpaired) electrons. The summed E-state index contributed by atoms with van der Waals surface area (Å²) in [6, 6.07) is 9.18. The van der Waals surface area contributed by atoms with Crippen molar-refractivity contribution in [3.05, 3.63) is 41.7 Å². The minimum atomic E-state index is -0.220. The van der Waals surface area contributed by atoms with E-state index >= 15 is 0 Å². The van der Waals surface area contributed by atoms with Crippen molar-refractivity contribution in [1.82, 2.24) is 5.16 Å². The van der Waals surface area contributed by atoms with Gasteiger partial charge in [-0.3, -0.25) is 9.59 Å². The molecule has 2 rings (SSSR count). The average molecular weight is 319 g/mol. The van der Waals surface area contributed by atoms with Crippen LogP contribution in [0.5, 0.6) is 0 Å². The first kappa shape index (κ1) is 16.1. The van der Waals surface area contributed by atoms with E-state index in [2.05, 4.69) is 15.8 Å². The lowest BCUT2D eigenvalue weighted by molar-refractivity contribution is -0.114. The number of carbonyl (C=O) groups excluding carboxylic acids is 2. The maximum atomic E-state index is 11.8. The number of rotatable bonds is 6. The minimum absolute atomic E-state index is 0.135. The fourth-order valence-electron chi connectivity index (χ4n) is 1.74. The van der Waals surface area contributed by atoms with Crippen molar-refractivity contribution in [2.45, 2.75) is 13.8 Å². The highest BCUT2D eigenvalue weighted by molar-refractivity contribution is 8.00. The van der Waals surface area contributed by atoms with Crippen LogP contribution in [0.25, 0.3) is 0 Å². The first-order valence-electron chi connectivity index (χ1n) is 6.71. The van der Waals surface area contributed by atoms with Crippen LogP contribution in [0.15, 0.2) is 34.9 Å². The number of aromatic nitrogens is 1. The van der Waals surface area contributed by atoms with E-state index in [9.17, 15) is 9.59 Å². The summed E-state index contributed by atoms with van der Waals surface area (Å²) >= 11 is 1.24. The molecule has 7 heteroatoms. The molecule has 1 heterocycles. The second kappa shape index (κ2) is 7.65. The molecule has 0 aliphatic heterocycles. The largest absolute Gasteiger partial charge is 0.360 e. The van der Waals surface area contributed by atoms with E-state index < -0.39 is 0 Å². The number of aryl methyl sites for hydroxylation is 2. The van der Waals surface area contributed by atoms with Gasteiger partial charge in [0.1, 0.15) is 5.76 Å². The van der Waals surface area contributed by atoms with Crippen LogP contribution in [0.3, 0.4) is 0 Å². The quantitative estimate of drug-likeness (QED) is 0.855. The number of nitrogens with zero attached hydrogens (tertiary/aromatic N) is 1. The number of anilines is 2. The van der Waals surface area contributed by atoms with E-state index in [-0.39, 0.29) is 23.3 Å². The third-order valence-electron chi connectivity index (χ3n) is 2.78. The Kier molecular flexibility index (Phi) is 5.60. The third kappa shape index (κ3) is 4.92. The van der Waals surface area contributed by atoms with Crippen LogP contribution in [-0.4, -0.2) is 28.5 Å². The van der Waals surface area contributed by atoms with Gasteiger partial charge in [-0.2, -0.15) is 0 Å². The summed E-state index contributed by atoms with van der Waals surface area (Å²) < 4.78 is 4.85. The van der Waals surface area contributed by atoms with Crippen molar-refractivity contribution < 1.29 is 14.1 Å². The van der Waals surface area contributed by atoms with Crippen LogP contribution in [0, 0.1) is 13.8 Å². The fraction of sp³-hybridized carbons (Fsp3) is 0.267. The molecule has 0 fully saturated rings. The zero-order valence-corrected chi connectivity index (χ0v) is 13.2. The van der Waals surface area contributed by atoms with Crippen LogP contribution in [0.1, 0.15) is 11.3 Å². The van der Waals surface area contributed by atoms with Crippen LogP contribution in [0.4, 0.5) is 11.5 Å². The minimum Gasteiger partial charge on any atom is -0.360 e. The fourth-order valence-corrected chi connectivity index (χ4v) is 2.36. The maximum absolute atomic E-state index is 11.8. The van der Waals surface area contributed by atoms with Crippen molar-refractivity contribution in [3.8, 4) is 0 Å². The molecule has 2 aromatic rings. The van der Waals surface area contributed by atoms with E-state index in [0.717, 1.165) is 11.3 Å². The Labute approximate surface area is 132 Å². The number of hydrogen-bond acceptors (Lipinski definition) is 5. The predicted molar refractivity (Wildman–Crippen MR) is 87.0 cm³/mol. The smallest absolute Gasteiger partial charge is 0.235 e. The number of para-hydroxylation sites is 1. The molecule has 0 bridgehead atoms. The van der Waals surface area contributed by atoms with Crippen molar-refractivity contribution in [3.63, 3.8) is 0 Å². The van der Waals surface area contributed by atoms with Crippen LogP contribution < -0.4 is 10.6 Å². The Hall–Kier alpha value is -2.28. The highest BCUT2D eigenvalue weighted by Crippen LogP contribution is 2.14. The van der Waals surface area contributed by atoms with Gasteiger partial charge in [0.25, 0.3) is 0 Å². The van der Waals surface area contributed by atoms with Crippen LogP contribution >= 0.6 is 11.8 Å². The molecule has 0 spiro atoms. The first-order valence-corrected chi connectivity index (χ1v) is 7.86. The number of nitrogens with one attached hydrogen (secondary N) is 2. The summed E-state index contributed by atoms with van der Waals surface area (Å²) in [6.45, 7) is 3.67. The molecule has 0 saturated carbocycles. The first-order chi connectivity index (χ1) is 10.5. The number of hydrogen-bond donors (Lipinski definition) is 2. The van der Waals surface area contributed by atoms with Crippen molar-refractivity contribution in [1.29, 1.82) is 0 Å². The van der Waals surface area contributed by atoms with Crippen molar-refractivity contribution >= 4 is 35.1 Å². The maximum Gasteiger partial charge on any atom is 0.235 e. The lowest BCUT2D eigenvalue weighted by Gasteiger charge is -2.07. The van der Waals surface area contributed by atoms with E-state index in [1.54, 1.807) is 13.0 Å². The summed E-state index contributed by atoms with van der Waals surface area (Å²) in [5.41, 5.74) is 1.79. The van der Waals surface area contributed by atoms with E-state index in [1.165, 1.54) is 11.8 Å². The van der Waals surface area contributed by atoms with E-state index in [0.29, 0.717) is 11.6 Å². The average Bonchev–Trinajstić information content (AvgIpc) is 2.86. The number of carbonyl (C=O) groups is 2. The Morgan fingerprint density at radius 2 is 1.82 bits per heavy atom. The zero-order valence-electron chi connectivity index (χ0n) is 12.4. The summed E-state index contributed by atoms with van der Waals surface area (Å²) in [4.78, 5) is 23.5. The number of thioether (sulfide) groups is 1. The molecule has 1 aromatic carbocycles. The van der Waals surface area contributed by atoms with Gasteiger partial charge < -0.3 is 15.2 Å². The van der Waals surface area contributed by atoms with Gasteiger partial charge in [-0.1, -0.05) is 23.4 Å². The molecular formula is C15H17N3O3S. The van der Waals surface area contributed by atoms with Crippen molar-refractivity contribution in [2.75, 3.05) is 22.1 Å². The van der Waals surface area contributed by atoms with Gasteiger partial charge in [0.15, 0.2) is 5.82 Å². The van der Waals surface area contributed by atoms with Crippen LogP contribution in [-0.2, 0) is 9.59 Å². The van der Waals surface area contributed by atoms with Gasteiger partial charge in [-0.15, -0.1) is 11.8 Å². The molecule has 0 aliphatic carbocycles. The lowest BCUT2D eigenvalue weighted by atomic mass is 10.2. The van der Waals surface area contributed by atoms with Gasteiger partial charge in [0, 0.05) is 11.8 Å². The highest BCUT2D eigenvalue weighted by Gasteiger charge is 2.09. The molecule has 2 N–H and O–H groups in total. The predicted octanol–water partition coefficient (Wildman–Crippen LogP) is 2.60. The molecule has 0 saturated heterocycles. The molecule has 1 aromatic heterocycles. The molecule has 116 valence electrons. The summed E-state index contributed by atoms with van der Waals surface area (Å²) in [5, 5.41) is 9.09. The van der Waals surface area contributed by atoms with Gasteiger partial charge in [0.05, 0.1) is 11.5 Å². The van der Waals surface area contributed by atoms with E-state index in [1.807, 2.05) is 31.2 Å². The third-order valence-corrected chi connectivity index (χ3v) is 3.71. The van der Waals surface area contributed by atoms with Crippen LogP contribution in [0.2, 0.25) is 0 Å². The molecule has 22 heavy (non-hydrogen) atoms. The number of amides is 2. The molecule has 0 unspecified atom stereocenters.